The van der Waals surface area contributed by atoms with E-state index in [0.29, 0.717) is 24.5 Å². The molecule has 1 atom stereocenters. The quantitative estimate of drug-likeness (QED) is 0.774. The van der Waals surface area contributed by atoms with Crippen LogP contribution in [0.25, 0.3) is 10.8 Å². The summed E-state index contributed by atoms with van der Waals surface area (Å²) in [6.45, 7) is 7.23. The van der Waals surface area contributed by atoms with E-state index in [4.69, 9.17) is 9.72 Å². The summed E-state index contributed by atoms with van der Waals surface area (Å²) >= 11 is 1.52. The lowest BCUT2D eigenvalue weighted by atomic mass is 9.92. The van der Waals surface area contributed by atoms with Crippen molar-refractivity contribution in [1.82, 2.24) is 19.9 Å². The summed E-state index contributed by atoms with van der Waals surface area (Å²) in [5, 5.41) is 6.14. The van der Waals surface area contributed by atoms with E-state index in [1.165, 1.54) is 11.3 Å². The number of alkyl halides is 2. The number of aromatic nitrogens is 3. The summed E-state index contributed by atoms with van der Waals surface area (Å²) in [5.41, 5.74) is 1.85. The highest BCUT2D eigenvalue weighted by Crippen LogP contribution is 2.34. The van der Waals surface area contributed by atoms with Crippen LogP contribution in [0.5, 0.6) is 0 Å². The van der Waals surface area contributed by atoms with Crippen molar-refractivity contribution in [3.05, 3.63) is 22.8 Å². The van der Waals surface area contributed by atoms with Crippen LogP contribution in [0.15, 0.2) is 11.4 Å². The molecular formula is C20H27F2N5OS. The van der Waals surface area contributed by atoms with Crippen molar-refractivity contribution < 1.29 is 13.5 Å². The molecule has 1 aliphatic heterocycles. The van der Waals surface area contributed by atoms with Crippen LogP contribution in [-0.2, 0) is 4.74 Å². The second-order valence-corrected chi connectivity index (χ2v) is 8.75. The molecule has 0 amide bonds. The van der Waals surface area contributed by atoms with Gasteiger partial charge >= 0.3 is 0 Å². The average molecular weight is 424 g/mol. The van der Waals surface area contributed by atoms with Gasteiger partial charge in [-0.3, -0.25) is 4.90 Å². The van der Waals surface area contributed by atoms with Crippen LogP contribution >= 0.6 is 11.3 Å². The molecule has 2 fully saturated rings. The minimum Gasteiger partial charge on any atom is -0.379 e. The molecule has 0 aromatic carbocycles. The zero-order valence-electron chi connectivity index (χ0n) is 16.8. The second-order valence-electron chi connectivity index (χ2n) is 7.89. The van der Waals surface area contributed by atoms with Gasteiger partial charge in [-0.2, -0.15) is 0 Å². The number of rotatable bonds is 5. The van der Waals surface area contributed by atoms with Crippen molar-refractivity contribution >= 4 is 17.2 Å². The van der Waals surface area contributed by atoms with Gasteiger partial charge in [0.05, 0.1) is 18.9 Å². The van der Waals surface area contributed by atoms with Gasteiger partial charge in [-0.1, -0.05) is 0 Å². The van der Waals surface area contributed by atoms with Gasteiger partial charge in [-0.25, -0.2) is 23.7 Å². The van der Waals surface area contributed by atoms with Crippen LogP contribution in [0.4, 0.5) is 14.6 Å². The Bertz CT molecular complexity index is 830. The molecule has 9 heteroatoms. The molecule has 1 unspecified atom stereocenters. The lowest BCUT2D eigenvalue weighted by Gasteiger charge is -2.32. The van der Waals surface area contributed by atoms with E-state index in [-0.39, 0.29) is 24.9 Å². The smallest absolute Gasteiger partial charge is 0.248 e. The summed E-state index contributed by atoms with van der Waals surface area (Å²) in [6, 6.07) is 2.07. The SMILES string of the molecule is Cc1csc(-c2nc(NC3CCC(F)(F)CC3)cc(C(C)N3CCOCC3)n2)n1. The Labute approximate surface area is 173 Å². The number of hydrogen-bond donors (Lipinski definition) is 1. The lowest BCUT2D eigenvalue weighted by Crippen LogP contribution is -2.38. The fraction of sp³-hybridized carbons (Fsp3) is 0.650. The number of thiazole rings is 1. The van der Waals surface area contributed by atoms with Gasteiger partial charge in [0.2, 0.25) is 5.92 Å². The van der Waals surface area contributed by atoms with Crippen LogP contribution in [0.2, 0.25) is 0 Å². The Balaban J connectivity index is 1.59. The zero-order chi connectivity index (χ0) is 20.4. The number of nitrogens with zero attached hydrogens (tertiary/aromatic N) is 4. The lowest BCUT2D eigenvalue weighted by molar-refractivity contribution is -0.0361. The summed E-state index contributed by atoms with van der Waals surface area (Å²) < 4.78 is 32.5. The Morgan fingerprint density at radius 1 is 1.21 bits per heavy atom. The number of anilines is 1. The Morgan fingerprint density at radius 2 is 1.93 bits per heavy atom. The molecule has 4 rings (SSSR count). The van der Waals surface area contributed by atoms with Gasteiger partial charge in [0.25, 0.3) is 0 Å². The van der Waals surface area contributed by atoms with E-state index >= 15 is 0 Å². The minimum atomic E-state index is -2.54. The molecule has 0 bridgehead atoms. The third-order valence-electron chi connectivity index (χ3n) is 5.65. The molecule has 29 heavy (non-hydrogen) atoms. The van der Waals surface area contributed by atoms with Crippen molar-refractivity contribution in [1.29, 1.82) is 0 Å². The maximum absolute atomic E-state index is 13.5. The molecule has 2 aromatic heterocycles. The number of nitrogens with one attached hydrogen (secondary N) is 1. The Morgan fingerprint density at radius 3 is 2.59 bits per heavy atom. The number of aryl methyl sites for hydroxylation is 1. The fourth-order valence-electron chi connectivity index (χ4n) is 3.85. The molecule has 3 heterocycles. The first-order valence-electron chi connectivity index (χ1n) is 10.2. The number of hydrogen-bond acceptors (Lipinski definition) is 7. The van der Waals surface area contributed by atoms with Crippen molar-refractivity contribution in [3.8, 4) is 10.8 Å². The molecule has 2 aromatic rings. The van der Waals surface area contributed by atoms with E-state index in [9.17, 15) is 8.78 Å². The standard InChI is InChI=1S/C20H27F2N5OS/c1-13-12-29-19(23-13)18-25-16(14(2)27-7-9-28-10-8-27)11-17(26-18)24-15-3-5-20(21,22)6-4-15/h11-12,14-15H,3-10H2,1-2H3,(H,24,25,26). The van der Waals surface area contributed by atoms with Gasteiger partial charge in [0.1, 0.15) is 5.82 Å². The highest BCUT2D eigenvalue weighted by atomic mass is 32.1. The van der Waals surface area contributed by atoms with Gasteiger partial charge in [0, 0.05) is 55.2 Å². The van der Waals surface area contributed by atoms with Crippen LogP contribution in [0, 0.1) is 6.92 Å². The Hall–Kier alpha value is -1.71. The molecule has 6 nitrogen and oxygen atoms in total. The van der Waals surface area contributed by atoms with Crippen molar-refractivity contribution in [3.63, 3.8) is 0 Å². The molecule has 0 radical (unpaired) electrons. The van der Waals surface area contributed by atoms with Crippen molar-refractivity contribution in [2.24, 2.45) is 0 Å². The van der Waals surface area contributed by atoms with Gasteiger partial charge < -0.3 is 10.1 Å². The van der Waals surface area contributed by atoms with E-state index in [1.54, 1.807) is 0 Å². The molecule has 1 N–H and O–H groups in total. The van der Waals surface area contributed by atoms with Gasteiger partial charge in [-0.05, 0) is 26.7 Å². The van der Waals surface area contributed by atoms with Crippen molar-refractivity contribution in [2.75, 3.05) is 31.6 Å². The van der Waals surface area contributed by atoms with Gasteiger partial charge in [0.15, 0.2) is 10.8 Å². The number of ether oxygens (including phenoxy) is 1. The molecule has 1 saturated carbocycles. The largest absolute Gasteiger partial charge is 0.379 e. The van der Waals surface area contributed by atoms with Crippen LogP contribution in [0.1, 0.15) is 50.0 Å². The Kier molecular flexibility index (Phi) is 6.08. The molecule has 1 saturated heterocycles. The van der Waals surface area contributed by atoms with Crippen molar-refractivity contribution in [2.45, 2.75) is 57.5 Å². The third-order valence-corrected chi connectivity index (χ3v) is 6.60. The minimum absolute atomic E-state index is 0.00180. The molecule has 158 valence electrons. The highest BCUT2D eigenvalue weighted by molar-refractivity contribution is 7.13. The monoisotopic (exact) mass is 423 g/mol. The van der Waals surface area contributed by atoms with Gasteiger partial charge in [-0.15, -0.1) is 11.3 Å². The van der Waals surface area contributed by atoms with Crippen LogP contribution in [0.3, 0.4) is 0 Å². The molecule has 2 aliphatic rings. The van der Waals surface area contributed by atoms with E-state index in [2.05, 4.69) is 27.1 Å². The van der Waals surface area contributed by atoms with E-state index in [0.717, 1.165) is 42.7 Å². The highest BCUT2D eigenvalue weighted by Gasteiger charge is 2.35. The van der Waals surface area contributed by atoms with Crippen LogP contribution in [-0.4, -0.2) is 58.1 Å². The summed E-state index contributed by atoms with van der Waals surface area (Å²) in [6.07, 6.45) is 0.727. The average Bonchev–Trinajstić information content (AvgIpc) is 3.16. The predicted octanol–water partition coefficient (Wildman–Crippen LogP) is 4.29. The fourth-order valence-corrected chi connectivity index (χ4v) is 4.58. The molecule has 1 aliphatic carbocycles. The summed E-state index contributed by atoms with van der Waals surface area (Å²) in [4.78, 5) is 16.3. The second kappa shape index (κ2) is 8.57. The number of halogens is 2. The van der Waals surface area contributed by atoms with Crippen LogP contribution < -0.4 is 5.32 Å². The topological polar surface area (TPSA) is 63.2 Å². The maximum Gasteiger partial charge on any atom is 0.248 e. The zero-order valence-corrected chi connectivity index (χ0v) is 17.6. The summed E-state index contributed by atoms with van der Waals surface area (Å²) in [7, 11) is 0. The maximum atomic E-state index is 13.5. The normalized spacial score (nSPS) is 21.8. The third kappa shape index (κ3) is 5.07. The first kappa shape index (κ1) is 20.6. The first-order valence-corrected chi connectivity index (χ1v) is 11.1. The first-order chi connectivity index (χ1) is 13.9. The van der Waals surface area contributed by atoms with E-state index < -0.39 is 5.92 Å². The van der Waals surface area contributed by atoms with E-state index in [1.807, 2.05) is 18.4 Å². The summed E-state index contributed by atoms with van der Waals surface area (Å²) in [5.74, 6) is -1.26. The predicted molar refractivity (Wildman–Crippen MR) is 110 cm³/mol. The molecular weight excluding hydrogens is 396 g/mol. The molecule has 0 spiro atoms. The number of morpholine rings is 1.